The Morgan fingerprint density at radius 1 is 1.10 bits per heavy atom. The molecule has 20 heavy (non-hydrogen) atoms. The Labute approximate surface area is 121 Å². The molecule has 1 aliphatic heterocycles. The van der Waals surface area contributed by atoms with E-state index in [0.717, 1.165) is 23.4 Å². The lowest BCUT2D eigenvalue weighted by Gasteiger charge is -2.12. The van der Waals surface area contributed by atoms with Crippen molar-refractivity contribution in [2.45, 2.75) is 45.6 Å². The Hall–Kier alpha value is -1.52. The number of unbranched alkanes of at least 4 members (excludes halogenated alkanes) is 4. The summed E-state index contributed by atoms with van der Waals surface area (Å²) in [6.07, 6.45) is 8.43. The number of nitrogens with one attached hydrogen (secondary N) is 1. The lowest BCUT2D eigenvalue weighted by molar-refractivity contribution is 0.0464. The highest BCUT2D eigenvalue weighted by Crippen LogP contribution is 2.20. The standard InChI is InChI=1S/C16H25N3O/c1-2-3-4-5-6-11-19-13-16(20-18-19)15-9-7-14(12-17)8-10-15/h7-10,13,18H,2-6,11-12,17H2,1H3. The number of hydrogen-bond donors (Lipinski definition) is 2. The zero-order valence-corrected chi connectivity index (χ0v) is 12.3. The van der Waals surface area contributed by atoms with E-state index >= 15 is 0 Å². The first-order valence-electron chi connectivity index (χ1n) is 7.54. The first-order chi connectivity index (χ1) is 9.83. The number of nitrogens with zero attached hydrogens (tertiary/aromatic N) is 1. The molecule has 1 aliphatic rings. The summed E-state index contributed by atoms with van der Waals surface area (Å²) >= 11 is 0. The molecule has 0 amide bonds. The van der Waals surface area contributed by atoms with E-state index in [9.17, 15) is 0 Å². The molecule has 0 saturated carbocycles. The molecule has 4 nitrogen and oxygen atoms in total. The summed E-state index contributed by atoms with van der Waals surface area (Å²) in [4.78, 5) is 5.51. The predicted octanol–water partition coefficient (Wildman–Crippen LogP) is 3.17. The Kier molecular flexibility index (Phi) is 5.89. The van der Waals surface area contributed by atoms with Gasteiger partial charge in [-0.3, -0.25) is 5.01 Å². The summed E-state index contributed by atoms with van der Waals surface area (Å²) in [5.74, 6) is 0.863. The molecule has 0 saturated heterocycles. The summed E-state index contributed by atoms with van der Waals surface area (Å²) in [7, 11) is 0. The zero-order valence-electron chi connectivity index (χ0n) is 12.3. The van der Waals surface area contributed by atoms with E-state index < -0.39 is 0 Å². The molecule has 1 aromatic rings. The lowest BCUT2D eigenvalue weighted by atomic mass is 10.1. The van der Waals surface area contributed by atoms with Crippen molar-refractivity contribution in [2.75, 3.05) is 6.54 Å². The van der Waals surface area contributed by atoms with Crippen LogP contribution in [0.15, 0.2) is 30.5 Å². The molecule has 0 aromatic heterocycles. The van der Waals surface area contributed by atoms with Gasteiger partial charge in [-0.25, -0.2) is 0 Å². The van der Waals surface area contributed by atoms with Crippen LogP contribution in [0.3, 0.4) is 0 Å². The second-order valence-electron chi connectivity index (χ2n) is 5.20. The van der Waals surface area contributed by atoms with Crippen molar-refractivity contribution in [1.82, 2.24) is 10.6 Å². The van der Waals surface area contributed by atoms with E-state index in [4.69, 9.17) is 10.6 Å². The molecule has 0 fully saturated rings. The quantitative estimate of drug-likeness (QED) is 0.716. The van der Waals surface area contributed by atoms with Gasteiger partial charge in [0, 0.05) is 18.7 Å². The van der Waals surface area contributed by atoms with Crippen molar-refractivity contribution in [3.63, 3.8) is 0 Å². The van der Waals surface area contributed by atoms with Crippen LogP contribution in [0.5, 0.6) is 0 Å². The highest BCUT2D eigenvalue weighted by atomic mass is 16.7. The second-order valence-corrected chi connectivity index (χ2v) is 5.20. The minimum Gasteiger partial charge on any atom is -0.387 e. The van der Waals surface area contributed by atoms with Gasteiger partial charge in [-0.15, -0.1) is 0 Å². The molecule has 1 heterocycles. The fourth-order valence-electron chi connectivity index (χ4n) is 2.24. The van der Waals surface area contributed by atoms with Crippen molar-refractivity contribution in [2.24, 2.45) is 5.73 Å². The maximum atomic E-state index is 5.60. The zero-order chi connectivity index (χ0) is 14.2. The summed E-state index contributed by atoms with van der Waals surface area (Å²) in [5.41, 5.74) is 10.7. The second kappa shape index (κ2) is 7.92. The molecule has 0 spiro atoms. The maximum Gasteiger partial charge on any atom is 0.174 e. The molecule has 0 radical (unpaired) electrons. The summed E-state index contributed by atoms with van der Waals surface area (Å²) in [6.45, 7) is 3.79. The molecule has 110 valence electrons. The molecule has 3 N–H and O–H groups in total. The van der Waals surface area contributed by atoms with Crippen LogP contribution in [0, 0.1) is 0 Å². The number of rotatable bonds is 8. The summed E-state index contributed by atoms with van der Waals surface area (Å²) in [6, 6.07) is 8.15. The minimum atomic E-state index is 0.572. The molecule has 0 atom stereocenters. The monoisotopic (exact) mass is 275 g/mol. The summed E-state index contributed by atoms with van der Waals surface area (Å²) < 4.78 is 0. The largest absolute Gasteiger partial charge is 0.387 e. The number of hydrazine groups is 1. The molecule has 4 heteroatoms. The fourth-order valence-corrected chi connectivity index (χ4v) is 2.24. The average Bonchev–Trinajstić information content (AvgIpc) is 2.96. The van der Waals surface area contributed by atoms with Crippen LogP contribution in [0.25, 0.3) is 5.76 Å². The van der Waals surface area contributed by atoms with Crippen LogP contribution in [-0.2, 0) is 11.4 Å². The highest BCUT2D eigenvalue weighted by Gasteiger charge is 2.14. The third kappa shape index (κ3) is 4.25. The van der Waals surface area contributed by atoms with Gasteiger partial charge in [0.05, 0.1) is 6.20 Å². The first-order valence-corrected chi connectivity index (χ1v) is 7.54. The third-order valence-corrected chi connectivity index (χ3v) is 3.52. The van der Waals surface area contributed by atoms with Crippen LogP contribution in [-0.4, -0.2) is 11.6 Å². The van der Waals surface area contributed by atoms with E-state index in [1.54, 1.807) is 0 Å². The smallest absolute Gasteiger partial charge is 0.174 e. The topological polar surface area (TPSA) is 50.5 Å². The molecular formula is C16H25N3O. The molecule has 0 bridgehead atoms. The lowest BCUT2D eigenvalue weighted by Crippen LogP contribution is -2.28. The van der Waals surface area contributed by atoms with Gasteiger partial charge in [0.25, 0.3) is 0 Å². The van der Waals surface area contributed by atoms with Crippen LogP contribution in [0.1, 0.15) is 50.2 Å². The first kappa shape index (κ1) is 14.9. The minimum absolute atomic E-state index is 0.572. The molecule has 2 rings (SSSR count). The predicted molar refractivity (Wildman–Crippen MR) is 82.0 cm³/mol. The van der Waals surface area contributed by atoms with Crippen molar-refractivity contribution >= 4 is 5.76 Å². The van der Waals surface area contributed by atoms with Gasteiger partial charge in [-0.2, -0.15) is 0 Å². The fraction of sp³-hybridized carbons (Fsp3) is 0.500. The molecular weight excluding hydrogens is 250 g/mol. The van der Waals surface area contributed by atoms with Crippen LogP contribution < -0.4 is 11.3 Å². The van der Waals surface area contributed by atoms with Gasteiger partial charge in [-0.1, -0.05) is 62.5 Å². The van der Waals surface area contributed by atoms with Gasteiger partial charge < -0.3 is 10.6 Å². The Bertz CT molecular complexity index is 428. The maximum absolute atomic E-state index is 5.60. The van der Waals surface area contributed by atoms with Gasteiger partial charge in [0.15, 0.2) is 5.76 Å². The van der Waals surface area contributed by atoms with E-state index in [-0.39, 0.29) is 0 Å². The van der Waals surface area contributed by atoms with Crippen molar-refractivity contribution in [1.29, 1.82) is 0 Å². The Morgan fingerprint density at radius 2 is 1.85 bits per heavy atom. The average molecular weight is 275 g/mol. The summed E-state index contributed by atoms with van der Waals surface area (Å²) in [5, 5.41) is 2.01. The number of hydrogen-bond acceptors (Lipinski definition) is 4. The van der Waals surface area contributed by atoms with E-state index in [1.165, 1.54) is 32.1 Å². The Balaban J connectivity index is 1.80. The molecule has 0 unspecified atom stereocenters. The SMILES string of the molecule is CCCCCCCN1C=C(c2ccc(CN)cc2)ON1. The number of benzene rings is 1. The van der Waals surface area contributed by atoms with Crippen molar-refractivity contribution < 1.29 is 4.84 Å². The van der Waals surface area contributed by atoms with Crippen molar-refractivity contribution in [3.8, 4) is 0 Å². The van der Waals surface area contributed by atoms with Crippen LogP contribution in [0.2, 0.25) is 0 Å². The molecule has 1 aromatic carbocycles. The Morgan fingerprint density at radius 3 is 2.55 bits per heavy atom. The van der Waals surface area contributed by atoms with E-state index in [1.807, 2.05) is 35.5 Å². The normalized spacial score (nSPS) is 14.3. The van der Waals surface area contributed by atoms with E-state index in [0.29, 0.717) is 6.54 Å². The van der Waals surface area contributed by atoms with Gasteiger partial charge >= 0.3 is 0 Å². The third-order valence-electron chi connectivity index (χ3n) is 3.52. The van der Waals surface area contributed by atoms with Crippen LogP contribution in [0.4, 0.5) is 0 Å². The highest BCUT2D eigenvalue weighted by molar-refractivity contribution is 5.60. The van der Waals surface area contributed by atoms with Gasteiger partial charge in [-0.05, 0) is 12.0 Å². The van der Waals surface area contributed by atoms with E-state index in [2.05, 4.69) is 12.5 Å². The number of nitrogens with two attached hydrogens (primary N) is 1. The molecule has 0 aliphatic carbocycles. The van der Waals surface area contributed by atoms with Crippen LogP contribution >= 0.6 is 0 Å². The van der Waals surface area contributed by atoms with Gasteiger partial charge in [0.2, 0.25) is 0 Å². The van der Waals surface area contributed by atoms with Crippen molar-refractivity contribution in [3.05, 3.63) is 41.6 Å². The van der Waals surface area contributed by atoms with Gasteiger partial charge in [0.1, 0.15) is 0 Å².